The summed E-state index contributed by atoms with van der Waals surface area (Å²) in [6.45, 7) is 7.83. The lowest BCUT2D eigenvalue weighted by Gasteiger charge is -2.49. The molecule has 7 nitrogen and oxygen atoms in total. The van der Waals surface area contributed by atoms with Gasteiger partial charge in [0.2, 0.25) is 0 Å². The number of nitro groups is 1. The van der Waals surface area contributed by atoms with Gasteiger partial charge >= 0.3 is 0 Å². The van der Waals surface area contributed by atoms with Gasteiger partial charge in [-0.1, -0.05) is 17.3 Å². The molecule has 0 bridgehead atoms. The van der Waals surface area contributed by atoms with Crippen molar-refractivity contribution in [2.24, 2.45) is 11.1 Å². The van der Waals surface area contributed by atoms with Crippen molar-refractivity contribution in [1.29, 1.82) is 0 Å². The van der Waals surface area contributed by atoms with Crippen molar-refractivity contribution in [2.75, 3.05) is 0 Å². The molecule has 0 amide bonds. The third-order valence-electron chi connectivity index (χ3n) is 4.29. The highest BCUT2D eigenvalue weighted by Crippen LogP contribution is 2.39. The number of aliphatic hydroxyl groups is 1. The molecule has 1 aromatic carbocycles. The van der Waals surface area contributed by atoms with Crippen LogP contribution in [0.1, 0.15) is 45.8 Å². The largest absolute Gasteiger partial charge is 0.411 e. The minimum atomic E-state index is -1.01. The number of aliphatic hydroxyl groups excluding tert-OH is 1. The molecule has 126 valence electrons. The molecule has 1 aliphatic heterocycles. The number of nitro benzene ring substituents is 1. The van der Waals surface area contributed by atoms with Crippen molar-refractivity contribution in [3.8, 4) is 0 Å². The molecule has 3 N–H and O–H groups in total. The molecule has 1 saturated heterocycles. The maximum atomic E-state index is 10.9. The van der Waals surface area contributed by atoms with Gasteiger partial charge in [0.15, 0.2) is 0 Å². The van der Waals surface area contributed by atoms with Crippen molar-refractivity contribution < 1.29 is 15.2 Å². The van der Waals surface area contributed by atoms with Gasteiger partial charge in [-0.2, -0.15) is 0 Å². The summed E-state index contributed by atoms with van der Waals surface area (Å²) in [6.07, 6.45) is -0.539. The number of benzene rings is 1. The smallest absolute Gasteiger partial charge is 0.269 e. The standard InChI is InChI=1S/C16H23N3O4/c1-15(2)9-12(17-21)13(16(3,4)18-15)14(20)10-6-5-7-11(8-10)19(22)23/h5-8,13-14,18,20-21H,9H2,1-4H3/b17-12-/t13-,14-/m0/s1. The number of non-ortho nitro benzene ring substituents is 1. The summed E-state index contributed by atoms with van der Waals surface area (Å²) in [7, 11) is 0. The van der Waals surface area contributed by atoms with Crippen molar-refractivity contribution in [2.45, 2.75) is 51.3 Å². The van der Waals surface area contributed by atoms with Gasteiger partial charge in [-0.05, 0) is 33.3 Å². The molecule has 1 heterocycles. The van der Waals surface area contributed by atoms with E-state index in [0.717, 1.165) is 0 Å². The third kappa shape index (κ3) is 3.51. The predicted molar refractivity (Wildman–Crippen MR) is 86.7 cm³/mol. The predicted octanol–water partition coefficient (Wildman–Crippen LogP) is 2.63. The fourth-order valence-electron chi connectivity index (χ4n) is 3.66. The van der Waals surface area contributed by atoms with Crippen LogP contribution in [-0.2, 0) is 0 Å². The van der Waals surface area contributed by atoms with Gasteiger partial charge in [-0.15, -0.1) is 0 Å². The van der Waals surface area contributed by atoms with E-state index in [-0.39, 0.29) is 11.2 Å². The Morgan fingerprint density at radius 2 is 2.04 bits per heavy atom. The lowest BCUT2D eigenvalue weighted by atomic mass is 9.69. The molecule has 0 spiro atoms. The average molecular weight is 321 g/mol. The molecule has 0 radical (unpaired) electrons. The highest BCUT2D eigenvalue weighted by molar-refractivity contribution is 5.90. The van der Waals surface area contributed by atoms with Crippen LogP contribution in [0.2, 0.25) is 0 Å². The van der Waals surface area contributed by atoms with Crippen molar-refractivity contribution >= 4 is 11.4 Å². The van der Waals surface area contributed by atoms with Gasteiger partial charge < -0.3 is 15.6 Å². The second-order valence-corrected chi connectivity index (χ2v) is 7.27. The highest BCUT2D eigenvalue weighted by Gasteiger charge is 2.47. The molecule has 1 fully saturated rings. The molecule has 1 aromatic rings. The molecule has 7 heteroatoms. The van der Waals surface area contributed by atoms with E-state index in [2.05, 4.69) is 10.5 Å². The Labute approximate surface area is 135 Å². The van der Waals surface area contributed by atoms with Crippen LogP contribution in [-0.4, -0.2) is 32.0 Å². The van der Waals surface area contributed by atoms with E-state index < -0.39 is 22.5 Å². The summed E-state index contributed by atoms with van der Waals surface area (Å²) in [4.78, 5) is 10.4. The van der Waals surface area contributed by atoms with E-state index in [4.69, 9.17) is 0 Å². The Balaban J connectivity index is 2.42. The Kier molecular flexibility index (Phi) is 4.45. The number of nitrogens with zero attached hydrogens (tertiary/aromatic N) is 2. The zero-order chi connectivity index (χ0) is 17.4. The number of nitrogens with one attached hydrogen (secondary N) is 1. The summed E-state index contributed by atoms with van der Waals surface area (Å²) in [5.41, 5.74) is 0.0146. The van der Waals surface area contributed by atoms with Crippen LogP contribution in [0.3, 0.4) is 0 Å². The minimum absolute atomic E-state index is 0.0778. The Bertz CT molecular complexity index is 640. The van der Waals surface area contributed by atoms with Gasteiger partial charge in [0.05, 0.1) is 16.7 Å². The molecule has 0 aliphatic carbocycles. The molecule has 0 saturated carbocycles. The number of rotatable bonds is 3. The van der Waals surface area contributed by atoms with Crippen LogP contribution in [0, 0.1) is 16.0 Å². The maximum Gasteiger partial charge on any atom is 0.269 e. The number of oxime groups is 1. The van der Waals surface area contributed by atoms with Crippen LogP contribution >= 0.6 is 0 Å². The normalized spacial score (nSPS) is 26.0. The second-order valence-electron chi connectivity index (χ2n) is 7.27. The highest BCUT2D eigenvalue weighted by atomic mass is 16.6. The van der Waals surface area contributed by atoms with Crippen LogP contribution < -0.4 is 5.32 Å². The Morgan fingerprint density at radius 3 is 2.61 bits per heavy atom. The van der Waals surface area contributed by atoms with Crippen molar-refractivity contribution in [3.05, 3.63) is 39.9 Å². The Hall–Kier alpha value is -1.99. The summed E-state index contributed by atoms with van der Waals surface area (Å²) >= 11 is 0. The van der Waals surface area contributed by atoms with Crippen LogP contribution in [0.4, 0.5) is 5.69 Å². The molecule has 2 atom stereocenters. The molecular formula is C16H23N3O4. The topological polar surface area (TPSA) is 108 Å². The SMILES string of the molecule is CC1(C)C/C(=N/O)[C@@H]([C@@H](O)c2cccc([N+](=O)[O-])c2)C(C)(C)N1. The fourth-order valence-corrected chi connectivity index (χ4v) is 3.66. The van der Waals surface area contributed by atoms with Gasteiger partial charge in [0.25, 0.3) is 5.69 Å². The molecule has 0 unspecified atom stereocenters. The molecule has 2 rings (SSSR count). The number of piperidine rings is 1. The summed E-state index contributed by atoms with van der Waals surface area (Å²) < 4.78 is 0. The monoisotopic (exact) mass is 321 g/mol. The van der Waals surface area contributed by atoms with Crippen LogP contribution in [0.15, 0.2) is 29.4 Å². The number of hydrogen-bond donors (Lipinski definition) is 3. The zero-order valence-electron chi connectivity index (χ0n) is 13.8. The van der Waals surface area contributed by atoms with Crippen LogP contribution in [0.25, 0.3) is 0 Å². The minimum Gasteiger partial charge on any atom is -0.411 e. The van der Waals surface area contributed by atoms with Gasteiger partial charge in [-0.3, -0.25) is 10.1 Å². The summed E-state index contributed by atoms with van der Waals surface area (Å²) in [5.74, 6) is -0.498. The van der Waals surface area contributed by atoms with Gasteiger partial charge in [0.1, 0.15) is 0 Å². The second kappa shape index (κ2) is 5.90. The summed E-state index contributed by atoms with van der Waals surface area (Å²) in [5, 5.41) is 38.0. The average Bonchev–Trinajstić information content (AvgIpc) is 2.43. The van der Waals surface area contributed by atoms with Gasteiger partial charge in [0, 0.05) is 35.5 Å². The Morgan fingerprint density at radius 1 is 1.39 bits per heavy atom. The van der Waals surface area contributed by atoms with Gasteiger partial charge in [-0.25, -0.2) is 0 Å². The summed E-state index contributed by atoms with van der Waals surface area (Å²) in [6, 6.07) is 5.92. The van der Waals surface area contributed by atoms with E-state index in [1.54, 1.807) is 12.1 Å². The third-order valence-corrected chi connectivity index (χ3v) is 4.29. The van der Waals surface area contributed by atoms with E-state index >= 15 is 0 Å². The first-order valence-electron chi connectivity index (χ1n) is 7.50. The lowest BCUT2D eigenvalue weighted by Crippen LogP contribution is -2.64. The van der Waals surface area contributed by atoms with Crippen molar-refractivity contribution in [3.63, 3.8) is 0 Å². The zero-order valence-corrected chi connectivity index (χ0v) is 13.8. The number of hydrogen-bond acceptors (Lipinski definition) is 6. The molecule has 1 aliphatic rings. The van der Waals surface area contributed by atoms with Crippen LogP contribution in [0.5, 0.6) is 0 Å². The van der Waals surface area contributed by atoms with Crippen molar-refractivity contribution in [1.82, 2.24) is 5.32 Å². The van der Waals surface area contributed by atoms with E-state index in [9.17, 15) is 20.4 Å². The van der Waals surface area contributed by atoms with E-state index in [1.807, 2.05) is 27.7 Å². The fraction of sp³-hybridized carbons (Fsp3) is 0.562. The lowest BCUT2D eigenvalue weighted by molar-refractivity contribution is -0.385. The molecule has 0 aromatic heterocycles. The van der Waals surface area contributed by atoms with E-state index in [1.165, 1.54) is 12.1 Å². The quantitative estimate of drug-likeness (QED) is 0.450. The molecular weight excluding hydrogens is 298 g/mol. The first-order valence-corrected chi connectivity index (χ1v) is 7.50. The maximum absolute atomic E-state index is 10.9. The first-order chi connectivity index (χ1) is 10.6. The first kappa shape index (κ1) is 17.4. The van der Waals surface area contributed by atoms with E-state index in [0.29, 0.717) is 17.7 Å². The molecule has 23 heavy (non-hydrogen) atoms.